The Hall–Kier alpha value is -1.90. The largest absolute Gasteiger partial charge is 0.497 e. The van der Waals surface area contributed by atoms with Gasteiger partial charge in [-0.2, -0.15) is 0 Å². The number of benzene rings is 2. The third kappa shape index (κ3) is 4.51. The minimum atomic E-state index is -3.87. The normalized spacial score (nSPS) is 17.1. The van der Waals surface area contributed by atoms with Crippen molar-refractivity contribution in [2.45, 2.75) is 30.2 Å². The molecule has 1 atom stereocenters. The summed E-state index contributed by atoms with van der Waals surface area (Å²) in [6, 6.07) is 12.1. The second-order valence-corrected chi connectivity index (χ2v) is 8.95. The summed E-state index contributed by atoms with van der Waals surface area (Å²) in [6.07, 6.45) is 2.53. The van der Waals surface area contributed by atoms with Crippen LogP contribution in [0.1, 0.15) is 28.8 Å². The topological polar surface area (TPSA) is 89.7 Å². The number of sulfonamides is 1. The van der Waals surface area contributed by atoms with Gasteiger partial charge >= 0.3 is 0 Å². The zero-order valence-electron chi connectivity index (χ0n) is 14.9. The van der Waals surface area contributed by atoms with Gasteiger partial charge in [-0.05, 0) is 71.1 Å². The van der Waals surface area contributed by atoms with E-state index in [-0.39, 0.29) is 16.8 Å². The van der Waals surface area contributed by atoms with Crippen LogP contribution in [0.5, 0.6) is 5.75 Å². The summed E-state index contributed by atoms with van der Waals surface area (Å²) < 4.78 is 29.1. The average Bonchev–Trinajstić information content (AvgIpc) is 3.08. The first kappa shape index (κ1) is 19.9. The summed E-state index contributed by atoms with van der Waals surface area (Å²) in [7, 11) is -2.25. The first-order valence-corrected chi connectivity index (χ1v) is 10.9. The lowest BCUT2D eigenvalue weighted by molar-refractivity contribution is 0.0735. The van der Waals surface area contributed by atoms with Crippen LogP contribution in [0.3, 0.4) is 0 Å². The van der Waals surface area contributed by atoms with Crippen molar-refractivity contribution in [3.05, 3.63) is 58.1 Å². The summed E-state index contributed by atoms with van der Waals surface area (Å²) in [5, 5.41) is 5.21. The molecule has 0 aliphatic carbocycles. The quantitative estimate of drug-likeness (QED) is 0.754. The molecule has 1 aliphatic rings. The molecule has 0 spiro atoms. The number of primary sulfonamides is 1. The van der Waals surface area contributed by atoms with Crippen LogP contribution in [0, 0.1) is 0 Å². The maximum absolute atomic E-state index is 13.1. The van der Waals surface area contributed by atoms with Crippen molar-refractivity contribution in [1.29, 1.82) is 0 Å². The van der Waals surface area contributed by atoms with Crippen molar-refractivity contribution in [1.82, 2.24) is 4.90 Å². The number of hydrogen-bond donors (Lipinski definition) is 1. The van der Waals surface area contributed by atoms with E-state index in [0.717, 1.165) is 30.6 Å². The smallest absolute Gasteiger partial charge is 0.255 e. The number of methoxy groups -OCH3 is 1. The minimum absolute atomic E-state index is 0.0506. The third-order valence-corrected chi connectivity index (χ3v) is 6.34. The molecule has 2 N–H and O–H groups in total. The highest BCUT2D eigenvalue weighted by Crippen LogP contribution is 2.28. The Bertz CT molecular complexity index is 962. The molecule has 0 bridgehead atoms. The van der Waals surface area contributed by atoms with E-state index in [1.165, 1.54) is 12.1 Å². The Morgan fingerprint density at radius 1 is 1.30 bits per heavy atom. The molecule has 1 saturated heterocycles. The van der Waals surface area contributed by atoms with Crippen molar-refractivity contribution in [2.75, 3.05) is 13.7 Å². The second kappa shape index (κ2) is 8.00. The van der Waals surface area contributed by atoms with Crippen LogP contribution in [0.2, 0.25) is 0 Å². The summed E-state index contributed by atoms with van der Waals surface area (Å²) >= 11 is 3.35. The maximum atomic E-state index is 13.1. The molecular weight excluding hydrogens is 432 g/mol. The number of carbonyl (C=O) groups is 1. The van der Waals surface area contributed by atoms with E-state index in [4.69, 9.17) is 9.88 Å². The fraction of sp³-hybridized carbons (Fsp3) is 0.316. The van der Waals surface area contributed by atoms with Crippen LogP contribution in [-0.2, 0) is 16.4 Å². The van der Waals surface area contributed by atoms with Gasteiger partial charge in [0.05, 0.1) is 17.6 Å². The molecule has 0 aromatic heterocycles. The number of carbonyl (C=O) groups excluding carboxylic acids is 1. The molecule has 3 rings (SSSR count). The van der Waals surface area contributed by atoms with Crippen molar-refractivity contribution >= 4 is 31.9 Å². The van der Waals surface area contributed by atoms with Gasteiger partial charge in [-0.1, -0.05) is 12.1 Å². The fourth-order valence-corrected chi connectivity index (χ4v) is 4.34. The van der Waals surface area contributed by atoms with E-state index in [1.807, 2.05) is 29.2 Å². The van der Waals surface area contributed by atoms with E-state index >= 15 is 0 Å². The highest BCUT2D eigenvalue weighted by molar-refractivity contribution is 9.10. The molecule has 0 radical (unpaired) electrons. The Balaban J connectivity index is 1.85. The molecule has 8 heteroatoms. The van der Waals surface area contributed by atoms with Gasteiger partial charge in [0.2, 0.25) is 10.0 Å². The number of nitrogens with two attached hydrogens (primary N) is 1. The molecule has 6 nitrogen and oxygen atoms in total. The van der Waals surface area contributed by atoms with E-state index in [0.29, 0.717) is 16.6 Å². The van der Waals surface area contributed by atoms with Gasteiger partial charge in [0.1, 0.15) is 5.75 Å². The number of hydrogen-bond acceptors (Lipinski definition) is 4. The Morgan fingerprint density at radius 3 is 2.78 bits per heavy atom. The molecule has 1 amide bonds. The van der Waals surface area contributed by atoms with E-state index in [9.17, 15) is 13.2 Å². The molecule has 144 valence electrons. The van der Waals surface area contributed by atoms with Crippen LogP contribution in [0.25, 0.3) is 0 Å². The summed E-state index contributed by atoms with van der Waals surface area (Å²) in [6.45, 7) is 0.638. The summed E-state index contributed by atoms with van der Waals surface area (Å²) in [4.78, 5) is 14.8. The number of nitrogens with zero attached hydrogens (tertiary/aromatic N) is 1. The Labute approximate surface area is 167 Å². The van der Waals surface area contributed by atoms with Gasteiger partial charge in [0.25, 0.3) is 5.91 Å². The molecule has 0 saturated carbocycles. The molecule has 2 aromatic rings. The van der Waals surface area contributed by atoms with Crippen molar-refractivity contribution in [2.24, 2.45) is 5.14 Å². The number of rotatable bonds is 5. The van der Waals surface area contributed by atoms with Gasteiger partial charge in [-0.3, -0.25) is 4.79 Å². The zero-order chi connectivity index (χ0) is 19.6. The van der Waals surface area contributed by atoms with Crippen LogP contribution in [0.15, 0.2) is 51.8 Å². The van der Waals surface area contributed by atoms with Crippen LogP contribution in [0.4, 0.5) is 0 Å². The monoisotopic (exact) mass is 452 g/mol. The highest BCUT2D eigenvalue weighted by Gasteiger charge is 2.31. The maximum Gasteiger partial charge on any atom is 0.255 e. The zero-order valence-corrected chi connectivity index (χ0v) is 17.3. The number of amides is 1. The SMILES string of the molecule is COc1cccc(CC2CCCN2C(=O)c2cc(S(N)(=O)=O)ccc2Br)c1. The molecule has 27 heavy (non-hydrogen) atoms. The number of likely N-dealkylation sites (tertiary alicyclic amines) is 1. The number of halogens is 1. The minimum Gasteiger partial charge on any atom is -0.497 e. The lowest BCUT2D eigenvalue weighted by atomic mass is 10.0. The predicted octanol–water partition coefficient (Wildman–Crippen LogP) is 2.95. The van der Waals surface area contributed by atoms with Gasteiger partial charge in [-0.15, -0.1) is 0 Å². The Morgan fingerprint density at radius 2 is 2.07 bits per heavy atom. The van der Waals surface area contributed by atoms with Crippen LogP contribution < -0.4 is 9.88 Å². The predicted molar refractivity (Wildman–Crippen MR) is 106 cm³/mol. The van der Waals surface area contributed by atoms with Gasteiger partial charge in [-0.25, -0.2) is 13.6 Å². The van der Waals surface area contributed by atoms with Crippen molar-refractivity contribution in [3.63, 3.8) is 0 Å². The van der Waals surface area contributed by atoms with Crippen LogP contribution in [-0.4, -0.2) is 38.9 Å². The van der Waals surface area contributed by atoms with Gasteiger partial charge in [0.15, 0.2) is 0 Å². The summed E-state index contributed by atoms with van der Waals surface area (Å²) in [5.74, 6) is 0.588. The second-order valence-electron chi connectivity index (χ2n) is 6.54. The van der Waals surface area contributed by atoms with Gasteiger partial charge < -0.3 is 9.64 Å². The molecular formula is C19H21BrN2O4S. The average molecular weight is 453 g/mol. The molecule has 1 aliphatic heterocycles. The standard InChI is InChI=1S/C19H21BrN2O4S/c1-26-15-6-2-4-13(11-15)10-14-5-3-9-22(14)19(23)17-12-16(27(21,24)25)7-8-18(17)20/h2,4,6-8,11-12,14H,3,5,9-10H2,1H3,(H2,21,24,25). The van der Waals surface area contributed by atoms with E-state index in [2.05, 4.69) is 15.9 Å². The highest BCUT2D eigenvalue weighted by atomic mass is 79.9. The van der Waals surface area contributed by atoms with Crippen molar-refractivity contribution < 1.29 is 17.9 Å². The molecule has 1 fully saturated rings. The van der Waals surface area contributed by atoms with Gasteiger partial charge in [0, 0.05) is 17.1 Å². The Kier molecular flexibility index (Phi) is 5.88. The lowest BCUT2D eigenvalue weighted by Gasteiger charge is -2.25. The first-order valence-electron chi connectivity index (χ1n) is 8.56. The molecule has 1 unspecified atom stereocenters. The van der Waals surface area contributed by atoms with E-state index in [1.54, 1.807) is 13.2 Å². The van der Waals surface area contributed by atoms with Crippen molar-refractivity contribution in [3.8, 4) is 5.75 Å². The fourth-order valence-electron chi connectivity index (χ4n) is 3.39. The lowest BCUT2D eigenvalue weighted by Crippen LogP contribution is -2.37. The molecule has 1 heterocycles. The first-order chi connectivity index (χ1) is 12.8. The van der Waals surface area contributed by atoms with E-state index < -0.39 is 10.0 Å². The number of ether oxygens (including phenoxy) is 1. The third-order valence-electron chi connectivity index (χ3n) is 4.74. The molecule has 2 aromatic carbocycles. The summed E-state index contributed by atoms with van der Waals surface area (Å²) in [5.41, 5.74) is 1.40. The van der Waals surface area contributed by atoms with Crippen LogP contribution >= 0.6 is 15.9 Å².